The van der Waals surface area contributed by atoms with Gasteiger partial charge in [-0.25, -0.2) is 0 Å². The number of amides is 2. The lowest BCUT2D eigenvalue weighted by Gasteiger charge is -2.31. The summed E-state index contributed by atoms with van der Waals surface area (Å²) < 4.78 is 16.2. The number of carbonyl (C=O) groups is 2. The van der Waals surface area contributed by atoms with Crippen LogP contribution in [0.25, 0.3) is 6.08 Å². The number of benzene rings is 2. The second kappa shape index (κ2) is 11.1. The SMILES string of the molecule is COc1cc(C=C(NC(=O)c2ccccc2Cl)C(=O)N2CCCC(C)C2)cc(OC)c1OC. The van der Waals surface area contributed by atoms with Gasteiger partial charge in [-0.3, -0.25) is 9.59 Å². The monoisotopic (exact) mass is 472 g/mol. The molecule has 0 saturated carbocycles. The van der Waals surface area contributed by atoms with E-state index in [-0.39, 0.29) is 17.2 Å². The Bertz CT molecular complexity index is 1030. The summed E-state index contributed by atoms with van der Waals surface area (Å²) in [6, 6.07) is 10.1. The molecule has 0 radical (unpaired) electrons. The number of carbonyl (C=O) groups excluding carboxylic acids is 2. The van der Waals surface area contributed by atoms with Gasteiger partial charge in [0, 0.05) is 13.1 Å². The Hall–Kier alpha value is -3.19. The van der Waals surface area contributed by atoms with E-state index in [0.29, 0.717) is 46.8 Å². The fourth-order valence-corrected chi connectivity index (χ4v) is 4.10. The summed E-state index contributed by atoms with van der Waals surface area (Å²) in [5.74, 6) is 1.01. The van der Waals surface area contributed by atoms with E-state index >= 15 is 0 Å². The first-order chi connectivity index (χ1) is 15.9. The summed E-state index contributed by atoms with van der Waals surface area (Å²) >= 11 is 6.20. The summed E-state index contributed by atoms with van der Waals surface area (Å²) in [5.41, 5.74) is 1.04. The van der Waals surface area contributed by atoms with Gasteiger partial charge >= 0.3 is 0 Å². The van der Waals surface area contributed by atoms with Crippen LogP contribution in [0.4, 0.5) is 0 Å². The molecule has 3 rings (SSSR count). The molecule has 1 atom stereocenters. The van der Waals surface area contributed by atoms with Crippen molar-refractivity contribution in [3.8, 4) is 17.2 Å². The van der Waals surface area contributed by atoms with Crippen LogP contribution in [-0.2, 0) is 4.79 Å². The predicted octanol–water partition coefficient (Wildman–Crippen LogP) is 4.40. The third-order valence-corrected chi connectivity index (χ3v) is 5.87. The van der Waals surface area contributed by atoms with Crippen LogP contribution in [0, 0.1) is 5.92 Å². The van der Waals surface area contributed by atoms with Crippen LogP contribution < -0.4 is 19.5 Å². The van der Waals surface area contributed by atoms with Crippen LogP contribution in [-0.4, -0.2) is 51.1 Å². The number of halogens is 1. The summed E-state index contributed by atoms with van der Waals surface area (Å²) in [5, 5.41) is 3.08. The molecule has 0 spiro atoms. The van der Waals surface area contributed by atoms with E-state index in [2.05, 4.69) is 12.2 Å². The highest BCUT2D eigenvalue weighted by molar-refractivity contribution is 6.34. The van der Waals surface area contributed by atoms with Crippen molar-refractivity contribution in [2.75, 3.05) is 34.4 Å². The maximum atomic E-state index is 13.5. The minimum atomic E-state index is -0.460. The fraction of sp³-hybridized carbons (Fsp3) is 0.360. The molecule has 8 heteroatoms. The van der Waals surface area contributed by atoms with E-state index in [9.17, 15) is 9.59 Å². The summed E-state index contributed by atoms with van der Waals surface area (Å²) in [7, 11) is 4.56. The second-order valence-electron chi connectivity index (χ2n) is 7.95. The zero-order valence-electron chi connectivity index (χ0n) is 19.3. The highest BCUT2D eigenvalue weighted by Gasteiger charge is 2.26. The number of hydrogen-bond acceptors (Lipinski definition) is 5. The number of ether oxygens (including phenoxy) is 3. The van der Waals surface area contributed by atoms with E-state index in [1.54, 1.807) is 47.4 Å². The normalized spacial score (nSPS) is 16.2. The average molecular weight is 473 g/mol. The minimum absolute atomic E-state index is 0.142. The van der Waals surface area contributed by atoms with Gasteiger partial charge in [0.25, 0.3) is 11.8 Å². The number of methoxy groups -OCH3 is 3. The molecule has 176 valence electrons. The number of nitrogens with one attached hydrogen (secondary N) is 1. The zero-order valence-corrected chi connectivity index (χ0v) is 20.1. The Morgan fingerprint density at radius 1 is 1.09 bits per heavy atom. The van der Waals surface area contributed by atoms with Crippen molar-refractivity contribution < 1.29 is 23.8 Å². The van der Waals surface area contributed by atoms with Gasteiger partial charge in [-0.1, -0.05) is 30.7 Å². The van der Waals surface area contributed by atoms with Crippen LogP contribution in [0.2, 0.25) is 5.02 Å². The van der Waals surface area contributed by atoms with Crippen LogP contribution >= 0.6 is 11.6 Å². The number of hydrogen-bond donors (Lipinski definition) is 1. The number of piperidine rings is 1. The third-order valence-electron chi connectivity index (χ3n) is 5.54. The molecule has 1 aliphatic heterocycles. The number of nitrogens with zero attached hydrogens (tertiary/aromatic N) is 1. The number of likely N-dealkylation sites (tertiary alicyclic amines) is 1. The van der Waals surface area contributed by atoms with Crippen LogP contribution in [0.5, 0.6) is 17.2 Å². The van der Waals surface area contributed by atoms with Crippen molar-refractivity contribution in [2.45, 2.75) is 19.8 Å². The lowest BCUT2D eigenvalue weighted by atomic mass is 10.00. The Morgan fingerprint density at radius 2 is 1.76 bits per heavy atom. The standard InChI is InChI=1S/C25H29ClN2O5/c1-16-8-7-11-28(15-16)25(30)20(27-24(29)18-9-5-6-10-19(18)26)12-17-13-21(31-2)23(33-4)22(14-17)32-3/h5-6,9-10,12-14,16H,7-8,11,15H2,1-4H3,(H,27,29). The highest BCUT2D eigenvalue weighted by Crippen LogP contribution is 2.38. The van der Waals surface area contributed by atoms with Crippen LogP contribution in [0.1, 0.15) is 35.7 Å². The molecular weight excluding hydrogens is 444 g/mol. The molecule has 1 unspecified atom stereocenters. The van der Waals surface area contributed by atoms with Gasteiger partial charge in [0.05, 0.1) is 31.9 Å². The summed E-state index contributed by atoms with van der Waals surface area (Å²) in [6.07, 6.45) is 3.60. The van der Waals surface area contributed by atoms with Crippen molar-refractivity contribution in [1.82, 2.24) is 10.2 Å². The van der Waals surface area contributed by atoms with Crippen molar-refractivity contribution in [3.05, 3.63) is 58.2 Å². The molecule has 0 aliphatic carbocycles. The quantitative estimate of drug-likeness (QED) is 0.604. The Morgan fingerprint density at radius 3 is 2.33 bits per heavy atom. The maximum absolute atomic E-state index is 13.5. The van der Waals surface area contributed by atoms with Crippen molar-refractivity contribution in [1.29, 1.82) is 0 Å². The largest absolute Gasteiger partial charge is 0.493 e. The molecule has 1 aliphatic rings. The minimum Gasteiger partial charge on any atom is -0.493 e. The molecule has 2 aromatic carbocycles. The van der Waals surface area contributed by atoms with Gasteiger partial charge in [0.15, 0.2) is 11.5 Å². The highest BCUT2D eigenvalue weighted by atomic mass is 35.5. The van der Waals surface area contributed by atoms with Crippen molar-refractivity contribution >= 4 is 29.5 Å². The second-order valence-corrected chi connectivity index (χ2v) is 8.36. The smallest absolute Gasteiger partial charge is 0.270 e. The molecule has 0 aromatic heterocycles. The maximum Gasteiger partial charge on any atom is 0.270 e. The van der Waals surface area contributed by atoms with E-state index in [0.717, 1.165) is 12.8 Å². The Kier molecular flexibility index (Phi) is 8.22. The van der Waals surface area contributed by atoms with Gasteiger partial charge in [-0.2, -0.15) is 0 Å². The van der Waals surface area contributed by atoms with Gasteiger partial charge in [0.2, 0.25) is 5.75 Å². The van der Waals surface area contributed by atoms with Gasteiger partial charge in [-0.15, -0.1) is 0 Å². The molecule has 7 nitrogen and oxygen atoms in total. The first-order valence-electron chi connectivity index (χ1n) is 10.7. The van der Waals surface area contributed by atoms with E-state index < -0.39 is 5.91 Å². The Balaban J connectivity index is 2.02. The lowest BCUT2D eigenvalue weighted by Crippen LogP contribution is -2.43. The number of rotatable bonds is 7. The zero-order chi connectivity index (χ0) is 24.0. The van der Waals surface area contributed by atoms with E-state index in [1.165, 1.54) is 21.3 Å². The van der Waals surface area contributed by atoms with Crippen LogP contribution in [0.3, 0.4) is 0 Å². The lowest BCUT2D eigenvalue weighted by molar-refractivity contribution is -0.129. The molecule has 1 heterocycles. The molecule has 2 aromatic rings. The first-order valence-corrected chi connectivity index (χ1v) is 11.1. The topological polar surface area (TPSA) is 77.1 Å². The molecule has 1 fully saturated rings. The molecule has 33 heavy (non-hydrogen) atoms. The average Bonchev–Trinajstić information content (AvgIpc) is 2.82. The Labute approximate surface area is 199 Å². The van der Waals surface area contributed by atoms with E-state index in [4.69, 9.17) is 25.8 Å². The van der Waals surface area contributed by atoms with Gasteiger partial charge in [-0.05, 0) is 54.7 Å². The molecule has 0 bridgehead atoms. The van der Waals surface area contributed by atoms with Crippen molar-refractivity contribution in [2.24, 2.45) is 5.92 Å². The fourth-order valence-electron chi connectivity index (χ4n) is 3.88. The molecule has 1 saturated heterocycles. The first kappa shape index (κ1) is 24.5. The van der Waals surface area contributed by atoms with Gasteiger partial charge in [0.1, 0.15) is 5.70 Å². The predicted molar refractivity (Wildman–Crippen MR) is 128 cm³/mol. The molecule has 1 N–H and O–H groups in total. The molecular formula is C25H29ClN2O5. The van der Waals surface area contributed by atoms with E-state index in [1.807, 2.05) is 0 Å². The van der Waals surface area contributed by atoms with Gasteiger partial charge < -0.3 is 24.4 Å². The third kappa shape index (κ3) is 5.79. The summed E-state index contributed by atoms with van der Waals surface area (Å²) in [4.78, 5) is 28.2. The van der Waals surface area contributed by atoms with Crippen molar-refractivity contribution in [3.63, 3.8) is 0 Å². The van der Waals surface area contributed by atoms with Crippen LogP contribution in [0.15, 0.2) is 42.1 Å². The molecule has 2 amide bonds. The summed E-state index contributed by atoms with van der Waals surface area (Å²) in [6.45, 7) is 3.38.